The molecular weight excluding hydrogens is 306 g/mol. The molecule has 0 fully saturated rings. The average molecular weight is 327 g/mol. The van der Waals surface area contributed by atoms with Gasteiger partial charge in [0.05, 0.1) is 6.07 Å². The summed E-state index contributed by atoms with van der Waals surface area (Å²) in [6.45, 7) is 2.21. The quantitative estimate of drug-likeness (QED) is 0.554. The standard InChI is InChI=1S/C20H21ClNO/c1-14-12-20-22(18-7-5-3-2-4-6-17(14)18)13-19(23-20)15-8-10-16(21)11-9-15/h8-13H,2-7H2,1H3/q+1. The summed E-state index contributed by atoms with van der Waals surface area (Å²) in [6, 6.07) is 10.0. The van der Waals surface area contributed by atoms with Gasteiger partial charge in [-0.05, 0) is 56.0 Å². The molecule has 3 aromatic rings. The minimum atomic E-state index is 0.749. The Morgan fingerprint density at radius 2 is 1.74 bits per heavy atom. The van der Waals surface area contributed by atoms with Crippen LogP contribution in [0.1, 0.15) is 42.5 Å². The maximum atomic E-state index is 6.13. The van der Waals surface area contributed by atoms with Gasteiger partial charge in [0.15, 0.2) is 5.69 Å². The van der Waals surface area contributed by atoms with E-state index in [2.05, 4.69) is 23.6 Å². The van der Waals surface area contributed by atoms with Crippen LogP contribution in [0.2, 0.25) is 5.02 Å². The second-order valence-corrected chi connectivity index (χ2v) is 6.91. The van der Waals surface area contributed by atoms with Crippen molar-refractivity contribution in [2.24, 2.45) is 0 Å². The molecule has 0 saturated carbocycles. The topological polar surface area (TPSA) is 17.2 Å². The number of fused-ring (bicyclic) bond motifs is 3. The molecule has 0 spiro atoms. The lowest BCUT2D eigenvalue weighted by atomic mass is 9.94. The number of halogens is 1. The Hall–Kier alpha value is -1.80. The fourth-order valence-electron chi connectivity index (χ4n) is 3.63. The molecule has 1 aromatic carbocycles. The largest absolute Gasteiger partial charge is 0.398 e. The molecular formula is C20H21ClNO+. The molecule has 0 bridgehead atoms. The van der Waals surface area contributed by atoms with Crippen LogP contribution in [0.5, 0.6) is 0 Å². The number of hydrogen-bond acceptors (Lipinski definition) is 1. The number of aromatic nitrogens is 1. The van der Waals surface area contributed by atoms with Crippen LogP contribution in [0.25, 0.3) is 17.0 Å². The fraction of sp³-hybridized carbons (Fsp3) is 0.350. The Balaban J connectivity index is 1.87. The fourth-order valence-corrected chi connectivity index (χ4v) is 3.76. The third-order valence-corrected chi connectivity index (χ3v) is 5.12. The van der Waals surface area contributed by atoms with Crippen LogP contribution >= 0.6 is 11.6 Å². The average Bonchev–Trinajstić information content (AvgIpc) is 2.91. The van der Waals surface area contributed by atoms with E-state index in [9.17, 15) is 0 Å². The van der Waals surface area contributed by atoms with Gasteiger partial charge < -0.3 is 4.42 Å². The number of nitrogens with zero attached hydrogens (tertiary/aromatic N) is 1. The highest BCUT2D eigenvalue weighted by molar-refractivity contribution is 6.30. The van der Waals surface area contributed by atoms with Crippen molar-refractivity contribution in [2.75, 3.05) is 0 Å². The van der Waals surface area contributed by atoms with E-state index in [1.807, 2.05) is 24.3 Å². The molecule has 0 amide bonds. The lowest BCUT2D eigenvalue weighted by Gasteiger charge is -2.11. The van der Waals surface area contributed by atoms with Crippen LogP contribution in [-0.4, -0.2) is 0 Å². The van der Waals surface area contributed by atoms with E-state index in [1.165, 1.54) is 48.9 Å². The van der Waals surface area contributed by atoms with Gasteiger partial charge in [0.1, 0.15) is 0 Å². The lowest BCUT2D eigenvalue weighted by Crippen LogP contribution is -2.28. The van der Waals surface area contributed by atoms with Crippen molar-refractivity contribution in [1.29, 1.82) is 0 Å². The molecule has 0 radical (unpaired) electrons. The number of hydrogen-bond donors (Lipinski definition) is 0. The number of aryl methyl sites for hydroxylation is 2. The number of pyridine rings is 1. The van der Waals surface area contributed by atoms with Gasteiger partial charge in [-0.2, -0.15) is 0 Å². The molecule has 0 aliphatic heterocycles. The smallest absolute Gasteiger partial charge is 0.379 e. The third-order valence-electron chi connectivity index (χ3n) is 4.87. The predicted molar refractivity (Wildman–Crippen MR) is 92.9 cm³/mol. The molecule has 4 rings (SSSR count). The molecule has 0 unspecified atom stereocenters. The van der Waals surface area contributed by atoms with Crippen LogP contribution in [0.4, 0.5) is 0 Å². The van der Waals surface area contributed by atoms with Crippen LogP contribution in [0, 0.1) is 6.92 Å². The summed E-state index contributed by atoms with van der Waals surface area (Å²) in [7, 11) is 0. The van der Waals surface area contributed by atoms with Crippen molar-refractivity contribution in [2.45, 2.75) is 45.4 Å². The van der Waals surface area contributed by atoms with E-state index < -0.39 is 0 Å². The van der Waals surface area contributed by atoms with Crippen molar-refractivity contribution in [3.8, 4) is 11.3 Å². The molecule has 118 valence electrons. The SMILES string of the molecule is Cc1cc2oc(-c3ccc(Cl)cc3)c[n+]2c2c1CCCCCC2. The normalized spacial score (nSPS) is 15.2. The summed E-state index contributed by atoms with van der Waals surface area (Å²) < 4.78 is 8.39. The Morgan fingerprint density at radius 1 is 1.00 bits per heavy atom. The van der Waals surface area contributed by atoms with Gasteiger partial charge in [0, 0.05) is 22.6 Å². The monoisotopic (exact) mass is 326 g/mol. The zero-order valence-corrected chi connectivity index (χ0v) is 14.2. The first kappa shape index (κ1) is 14.8. The highest BCUT2D eigenvalue weighted by atomic mass is 35.5. The minimum Gasteiger partial charge on any atom is -0.398 e. The van der Waals surface area contributed by atoms with Crippen molar-refractivity contribution in [3.63, 3.8) is 0 Å². The molecule has 2 heterocycles. The molecule has 3 heteroatoms. The Bertz CT molecular complexity index is 848. The molecule has 1 aliphatic rings. The lowest BCUT2D eigenvalue weighted by molar-refractivity contribution is -0.523. The van der Waals surface area contributed by atoms with E-state index in [4.69, 9.17) is 16.0 Å². The summed E-state index contributed by atoms with van der Waals surface area (Å²) in [5.41, 5.74) is 6.32. The van der Waals surface area contributed by atoms with E-state index in [0.29, 0.717) is 0 Å². The van der Waals surface area contributed by atoms with E-state index >= 15 is 0 Å². The van der Waals surface area contributed by atoms with Gasteiger partial charge in [-0.1, -0.05) is 24.4 Å². The highest BCUT2D eigenvalue weighted by Crippen LogP contribution is 2.26. The molecule has 2 aromatic heterocycles. The van der Waals surface area contributed by atoms with Crippen molar-refractivity contribution < 1.29 is 8.82 Å². The summed E-state index contributed by atoms with van der Waals surface area (Å²) >= 11 is 5.99. The van der Waals surface area contributed by atoms with E-state index in [1.54, 1.807) is 0 Å². The van der Waals surface area contributed by atoms with Gasteiger partial charge in [-0.15, -0.1) is 4.40 Å². The first-order valence-corrected chi connectivity index (χ1v) is 8.83. The van der Waals surface area contributed by atoms with Crippen LogP contribution in [0.15, 0.2) is 40.9 Å². The summed E-state index contributed by atoms with van der Waals surface area (Å²) in [4.78, 5) is 0. The van der Waals surface area contributed by atoms with Crippen molar-refractivity contribution in [3.05, 3.63) is 58.4 Å². The molecule has 2 nitrogen and oxygen atoms in total. The first-order valence-electron chi connectivity index (χ1n) is 8.45. The maximum Gasteiger partial charge on any atom is 0.379 e. The van der Waals surface area contributed by atoms with Crippen LogP contribution in [-0.2, 0) is 12.8 Å². The molecule has 0 saturated heterocycles. The molecule has 1 aliphatic carbocycles. The van der Waals surface area contributed by atoms with Gasteiger partial charge in [0.25, 0.3) is 0 Å². The van der Waals surface area contributed by atoms with Crippen LogP contribution < -0.4 is 4.40 Å². The van der Waals surface area contributed by atoms with E-state index in [0.717, 1.165) is 28.5 Å². The van der Waals surface area contributed by atoms with E-state index in [-0.39, 0.29) is 0 Å². The summed E-state index contributed by atoms with van der Waals surface area (Å²) in [5.74, 6) is 0.900. The summed E-state index contributed by atoms with van der Waals surface area (Å²) in [6.07, 6.45) is 9.70. The molecule has 0 atom stereocenters. The second kappa shape index (κ2) is 6.01. The zero-order valence-electron chi connectivity index (χ0n) is 13.4. The zero-order chi connectivity index (χ0) is 15.8. The molecule has 23 heavy (non-hydrogen) atoms. The number of benzene rings is 1. The third kappa shape index (κ3) is 2.76. The Labute approximate surface area is 141 Å². The maximum absolute atomic E-state index is 6.13. The predicted octanol–water partition coefficient (Wildman–Crippen LogP) is 5.31. The van der Waals surface area contributed by atoms with Gasteiger partial charge >= 0.3 is 5.71 Å². The van der Waals surface area contributed by atoms with Crippen molar-refractivity contribution in [1.82, 2.24) is 0 Å². The minimum absolute atomic E-state index is 0.749. The van der Waals surface area contributed by atoms with Crippen LogP contribution in [0.3, 0.4) is 0 Å². The van der Waals surface area contributed by atoms with Gasteiger partial charge in [-0.25, -0.2) is 0 Å². The Morgan fingerprint density at radius 3 is 2.52 bits per heavy atom. The van der Waals surface area contributed by atoms with Crippen molar-refractivity contribution >= 4 is 17.3 Å². The molecule has 0 N–H and O–H groups in total. The highest BCUT2D eigenvalue weighted by Gasteiger charge is 2.24. The van der Waals surface area contributed by atoms with Gasteiger partial charge in [-0.3, -0.25) is 0 Å². The second-order valence-electron chi connectivity index (χ2n) is 6.48. The number of oxazole rings is 1. The first-order chi connectivity index (χ1) is 11.2. The Kier molecular flexibility index (Phi) is 3.86. The van der Waals surface area contributed by atoms with Gasteiger partial charge in [0.2, 0.25) is 12.0 Å². The summed E-state index contributed by atoms with van der Waals surface area (Å²) in [5, 5.41) is 0.749. The number of rotatable bonds is 1.